The van der Waals surface area contributed by atoms with Gasteiger partial charge in [0.1, 0.15) is 0 Å². The molecule has 0 saturated carbocycles. The Morgan fingerprint density at radius 1 is 1.53 bits per heavy atom. The summed E-state index contributed by atoms with van der Waals surface area (Å²) in [5.74, 6) is -0.0450. The monoisotopic (exact) mass is 247 g/mol. The highest BCUT2D eigenvalue weighted by Gasteiger charge is 2.09. The molecule has 0 bridgehead atoms. The van der Waals surface area contributed by atoms with E-state index in [-0.39, 0.29) is 11.5 Å². The quantitative estimate of drug-likeness (QED) is 0.831. The highest BCUT2D eigenvalue weighted by Crippen LogP contribution is 2.07. The largest absolute Gasteiger partial charge is 0.393 e. The van der Waals surface area contributed by atoms with Crippen molar-refractivity contribution < 1.29 is 0 Å². The zero-order valence-electron chi connectivity index (χ0n) is 9.46. The van der Waals surface area contributed by atoms with E-state index in [4.69, 9.17) is 18.0 Å². The van der Waals surface area contributed by atoms with E-state index in [9.17, 15) is 4.79 Å². The second kappa shape index (κ2) is 4.63. The lowest BCUT2D eigenvalue weighted by molar-refractivity contribution is 0.521. The van der Waals surface area contributed by atoms with Gasteiger partial charge in [0.05, 0.1) is 23.1 Å². The van der Waals surface area contributed by atoms with Gasteiger partial charge < -0.3 is 5.73 Å². The van der Waals surface area contributed by atoms with Crippen molar-refractivity contribution in [2.45, 2.75) is 13.5 Å². The van der Waals surface area contributed by atoms with Gasteiger partial charge in [0.15, 0.2) is 0 Å². The molecule has 2 rings (SSSR count). The first-order valence-corrected chi connectivity index (χ1v) is 5.74. The van der Waals surface area contributed by atoms with Crippen LogP contribution in [0.2, 0.25) is 0 Å². The minimum Gasteiger partial charge on any atom is -0.393 e. The van der Waals surface area contributed by atoms with Crippen LogP contribution in [0.1, 0.15) is 6.92 Å². The zero-order valence-corrected chi connectivity index (χ0v) is 10.3. The molecule has 1 atom stereocenters. The van der Waals surface area contributed by atoms with E-state index in [0.29, 0.717) is 16.9 Å². The summed E-state index contributed by atoms with van der Waals surface area (Å²) in [5, 5.41) is 5.63. The van der Waals surface area contributed by atoms with E-state index in [1.54, 1.807) is 12.3 Å². The topological polar surface area (TPSA) is 60.9 Å². The van der Waals surface area contributed by atoms with E-state index in [1.807, 2.05) is 25.1 Å². The van der Waals surface area contributed by atoms with Crippen LogP contribution < -0.4 is 11.3 Å². The Morgan fingerprint density at radius 2 is 2.24 bits per heavy atom. The van der Waals surface area contributed by atoms with Gasteiger partial charge in [-0.3, -0.25) is 4.79 Å². The minimum absolute atomic E-state index is 0.0450. The third-order valence-corrected chi connectivity index (χ3v) is 3.10. The van der Waals surface area contributed by atoms with Gasteiger partial charge in [-0.25, -0.2) is 4.68 Å². The van der Waals surface area contributed by atoms with Crippen LogP contribution in [0.3, 0.4) is 0 Å². The lowest BCUT2D eigenvalue weighted by Gasteiger charge is -2.11. The molecule has 88 valence electrons. The molecule has 0 radical (unpaired) electrons. The molecule has 17 heavy (non-hydrogen) atoms. The molecule has 2 aromatic rings. The first-order chi connectivity index (χ1) is 8.09. The third kappa shape index (κ3) is 2.34. The minimum atomic E-state index is -0.105. The van der Waals surface area contributed by atoms with Gasteiger partial charge in [0, 0.05) is 11.3 Å². The van der Waals surface area contributed by atoms with Crippen molar-refractivity contribution in [3.05, 3.63) is 40.8 Å². The maximum atomic E-state index is 12.1. The highest BCUT2D eigenvalue weighted by atomic mass is 32.1. The summed E-state index contributed by atoms with van der Waals surface area (Å²) in [4.78, 5) is 12.5. The van der Waals surface area contributed by atoms with E-state index in [2.05, 4.69) is 5.10 Å². The summed E-state index contributed by atoms with van der Waals surface area (Å²) in [6.45, 7) is 2.30. The molecular weight excluding hydrogens is 234 g/mol. The van der Waals surface area contributed by atoms with Crippen LogP contribution in [0.4, 0.5) is 0 Å². The smallest absolute Gasteiger partial charge is 0.274 e. The Bertz CT molecular complexity index is 620. The van der Waals surface area contributed by atoms with Crippen molar-refractivity contribution in [3.8, 4) is 0 Å². The van der Waals surface area contributed by atoms with Crippen LogP contribution >= 0.6 is 12.2 Å². The number of hydrogen-bond acceptors (Lipinski definition) is 3. The molecule has 5 heteroatoms. The van der Waals surface area contributed by atoms with Crippen LogP contribution in [0, 0.1) is 5.92 Å². The Kier molecular flexibility index (Phi) is 3.19. The maximum Gasteiger partial charge on any atom is 0.274 e. The molecule has 1 unspecified atom stereocenters. The number of nitrogens with two attached hydrogens (primary N) is 1. The Hall–Kier alpha value is -1.75. The first-order valence-electron chi connectivity index (χ1n) is 5.34. The first kappa shape index (κ1) is 11.7. The molecule has 0 spiro atoms. The van der Waals surface area contributed by atoms with Crippen molar-refractivity contribution in [2.24, 2.45) is 11.7 Å². The second-order valence-electron chi connectivity index (χ2n) is 4.02. The molecule has 1 heterocycles. The standard InChI is InChI=1S/C12H13N3OS/c1-8(11(13)17)7-15-12(16)10-5-3-2-4-9(10)6-14-15/h2-6,8H,7H2,1H3,(H2,13,17). The third-order valence-electron chi connectivity index (χ3n) is 2.69. The average molecular weight is 247 g/mol. The number of hydrogen-bond donors (Lipinski definition) is 1. The molecule has 1 aromatic carbocycles. The van der Waals surface area contributed by atoms with Crippen LogP contribution in [0.25, 0.3) is 10.8 Å². The van der Waals surface area contributed by atoms with Gasteiger partial charge in [-0.15, -0.1) is 0 Å². The van der Waals surface area contributed by atoms with Crippen molar-refractivity contribution >= 4 is 28.0 Å². The summed E-state index contributed by atoms with van der Waals surface area (Å²) in [5.41, 5.74) is 5.43. The van der Waals surface area contributed by atoms with Crippen LogP contribution in [0.15, 0.2) is 35.3 Å². The van der Waals surface area contributed by atoms with Gasteiger partial charge in [0.2, 0.25) is 0 Å². The number of nitrogens with zero attached hydrogens (tertiary/aromatic N) is 2. The predicted octanol–water partition coefficient (Wildman–Crippen LogP) is 1.32. The van der Waals surface area contributed by atoms with Crippen molar-refractivity contribution in [2.75, 3.05) is 0 Å². The molecule has 2 N–H and O–H groups in total. The predicted molar refractivity (Wildman–Crippen MR) is 72.0 cm³/mol. The summed E-state index contributed by atoms with van der Waals surface area (Å²) in [6.07, 6.45) is 1.68. The maximum absolute atomic E-state index is 12.1. The SMILES string of the molecule is CC(Cn1ncc2ccccc2c1=O)C(N)=S. The normalized spacial score (nSPS) is 12.5. The molecule has 0 fully saturated rings. The van der Waals surface area contributed by atoms with Gasteiger partial charge in [-0.1, -0.05) is 37.3 Å². The summed E-state index contributed by atoms with van der Waals surface area (Å²) >= 11 is 4.89. The van der Waals surface area contributed by atoms with Gasteiger partial charge >= 0.3 is 0 Å². The van der Waals surface area contributed by atoms with Crippen molar-refractivity contribution in [3.63, 3.8) is 0 Å². The molecule has 0 aliphatic heterocycles. The van der Waals surface area contributed by atoms with Gasteiger partial charge in [-0.05, 0) is 6.07 Å². The zero-order chi connectivity index (χ0) is 12.4. The molecule has 0 saturated heterocycles. The number of thiocarbonyl (C=S) groups is 1. The van der Waals surface area contributed by atoms with E-state index in [0.717, 1.165) is 5.39 Å². The molecule has 0 aliphatic carbocycles. The van der Waals surface area contributed by atoms with Crippen LogP contribution in [0.5, 0.6) is 0 Å². The Labute approximate surface area is 104 Å². The fourth-order valence-electron chi connectivity index (χ4n) is 1.61. The number of rotatable bonds is 3. The number of benzene rings is 1. The number of aromatic nitrogens is 2. The highest BCUT2D eigenvalue weighted by molar-refractivity contribution is 7.80. The number of fused-ring (bicyclic) bond motifs is 1. The lowest BCUT2D eigenvalue weighted by atomic mass is 10.1. The van der Waals surface area contributed by atoms with Crippen LogP contribution in [-0.4, -0.2) is 14.8 Å². The Balaban J connectivity index is 2.46. The summed E-state index contributed by atoms with van der Waals surface area (Å²) < 4.78 is 1.41. The molecule has 0 aliphatic rings. The van der Waals surface area contributed by atoms with E-state index >= 15 is 0 Å². The molecule has 4 nitrogen and oxygen atoms in total. The van der Waals surface area contributed by atoms with Gasteiger partial charge in [-0.2, -0.15) is 5.10 Å². The van der Waals surface area contributed by atoms with Crippen molar-refractivity contribution in [1.82, 2.24) is 9.78 Å². The van der Waals surface area contributed by atoms with E-state index < -0.39 is 0 Å². The average Bonchev–Trinajstić information content (AvgIpc) is 2.33. The molecule has 1 aromatic heterocycles. The summed E-state index contributed by atoms with van der Waals surface area (Å²) in [7, 11) is 0. The second-order valence-corrected chi connectivity index (χ2v) is 4.49. The van der Waals surface area contributed by atoms with Gasteiger partial charge in [0.25, 0.3) is 5.56 Å². The lowest BCUT2D eigenvalue weighted by Crippen LogP contribution is -2.30. The van der Waals surface area contributed by atoms with Crippen molar-refractivity contribution in [1.29, 1.82) is 0 Å². The fraction of sp³-hybridized carbons (Fsp3) is 0.250. The summed E-state index contributed by atoms with van der Waals surface area (Å²) in [6, 6.07) is 7.38. The van der Waals surface area contributed by atoms with Crippen LogP contribution in [-0.2, 0) is 6.54 Å². The van der Waals surface area contributed by atoms with E-state index in [1.165, 1.54) is 4.68 Å². The molecule has 0 amide bonds. The molecular formula is C12H13N3OS. The Morgan fingerprint density at radius 3 is 2.94 bits per heavy atom. The fourth-order valence-corrected chi connectivity index (χ4v) is 1.68.